The van der Waals surface area contributed by atoms with Crippen molar-refractivity contribution in [3.05, 3.63) is 63.9 Å². The number of imidazole rings is 1. The highest BCUT2D eigenvalue weighted by atomic mass is 35.5. The van der Waals surface area contributed by atoms with Gasteiger partial charge in [0.2, 0.25) is 5.78 Å². The minimum atomic E-state index is -0.822. The van der Waals surface area contributed by atoms with Gasteiger partial charge in [0.1, 0.15) is 5.82 Å². The van der Waals surface area contributed by atoms with Gasteiger partial charge in [-0.1, -0.05) is 17.7 Å². The molecule has 5 nitrogen and oxygen atoms in total. The summed E-state index contributed by atoms with van der Waals surface area (Å²) in [5.41, 5.74) is 3.40. The van der Waals surface area contributed by atoms with Gasteiger partial charge >= 0.3 is 0 Å². The molecule has 0 aliphatic heterocycles. The largest absolute Gasteiger partial charge is 0.387 e. The molecule has 1 unspecified atom stereocenters. The van der Waals surface area contributed by atoms with E-state index in [2.05, 4.69) is 15.3 Å². The molecule has 0 fully saturated rings. The van der Waals surface area contributed by atoms with E-state index in [1.807, 2.05) is 24.3 Å². The molecular formula is C17H18ClFN4O. The summed E-state index contributed by atoms with van der Waals surface area (Å²) < 4.78 is 15.4. The standard InChI is InChI=1S/C17H18ClFN4O/c1-10-5-11(2)23-13(8-21-17(23)22-10)7-20-9-16(24)12-3-4-14(18)15(19)6-12/h3-6,8,16,20,24H,7,9H2,1-2H3. The topological polar surface area (TPSA) is 62.5 Å². The normalized spacial score (nSPS) is 12.7. The maximum absolute atomic E-state index is 13.5. The first kappa shape index (κ1) is 16.8. The van der Waals surface area contributed by atoms with E-state index in [0.29, 0.717) is 17.9 Å². The quantitative estimate of drug-likeness (QED) is 0.744. The predicted molar refractivity (Wildman–Crippen MR) is 90.5 cm³/mol. The number of benzene rings is 1. The lowest BCUT2D eigenvalue weighted by molar-refractivity contribution is 0.174. The van der Waals surface area contributed by atoms with Crippen LogP contribution >= 0.6 is 11.6 Å². The summed E-state index contributed by atoms with van der Waals surface area (Å²) in [4.78, 5) is 8.69. The van der Waals surface area contributed by atoms with Crippen molar-refractivity contribution >= 4 is 17.4 Å². The number of aromatic nitrogens is 3. The van der Waals surface area contributed by atoms with E-state index in [9.17, 15) is 9.50 Å². The number of aryl methyl sites for hydroxylation is 2. The Morgan fingerprint density at radius 2 is 2.12 bits per heavy atom. The molecule has 0 saturated heterocycles. The van der Waals surface area contributed by atoms with Crippen LogP contribution in [0.25, 0.3) is 5.78 Å². The fourth-order valence-corrected chi connectivity index (χ4v) is 2.81. The first-order valence-corrected chi connectivity index (χ1v) is 7.98. The van der Waals surface area contributed by atoms with E-state index in [1.165, 1.54) is 12.1 Å². The molecule has 1 atom stereocenters. The fraction of sp³-hybridized carbons (Fsp3) is 0.294. The van der Waals surface area contributed by atoms with E-state index in [0.717, 1.165) is 17.1 Å². The zero-order valence-electron chi connectivity index (χ0n) is 13.4. The van der Waals surface area contributed by atoms with Crippen LogP contribution in [0, 0.1) is 19.7 Å². The second-order valence-corrected chi connectivity index (χ2v) is 6.15. The van der Waals surface area contributed by atoms with E-state index in [1.54, 1.807) is 12.3 Å². The van der Waals surface area contributed by atoms with E-state index >= 15 is 0 Å². The molecule has 0 saturated carbocycles. The Morgan fingerprint density at radius 3 is 2.88 bits per heavy atom. The fourth-order valence-electron chi connectivity index (χ4n) is 2.70. The van der Waals surface area contributed by atoms with Crippen molar-refractivity contribution < 1.29 is 9.50 Å². The molecular weight excluding hydrogens is 331 g/mol. The summed E-state index contributed by atoms with van der Waals surface area (Å²) in [5.74, 6) is 0.122. The third-order valence-corrected chi connectivity index (χ3v) is 4.14. The molecule has 2 N–H and O–H groups in total. The van der Waals surface area contributed by atoms with Crippen LogP contribution in [0.2, 0.25) is 5.02 Å². The molecule has 0 bridgehead atoms. The van der Waals surface area contributed by atoms with Crippen LogP contribution in [0.3, 0.4) is 0 Å². The summed E-state index contributed by atoms with van der Waals surface area (Å²) in [7, 11) is 0. The van der Waals surface area contributed by atoms with Crippen LogP contribution in [-0.4, -0.2) is 26.0 Å². The molecule has 0 amide bonds. The number of halogens is 2. The molecule has 2 aromatic heterocycles. The molecule has 3 aromatic rings. The number of aliphatic hydroxyl groups is 1. The third-order valence-electron chi connectivity index (χ3n) is 3.84. The molecule has 0 aliphatic rings. The van der Waals surface area contributed by atoms with E-state index in [4.69, 9.17) is 11.6 Å². The highest BCUT2D eigenvalue weighted by Crippen LogP contribution is 2.20. The molecule has 0 radical (unpaired) electrons. The first-order chi connectivity index (χ1) is 11.5. The van der Waals surface area contributed by atoms with Crippen LogP contribution in [0.15, 0.2) is 30.5 Å². The minimum Gasteiger partial charge on any atom is -0.387 e. The average molecular weight is 349 g/mol. The van der Waals surface area contributed by atoms with Gasteiger partial charge in [0.05, 0.1) is 23.0 Å². The number of nitrogens with zero attached hydrogens (tertiary/aromatic N) is 3. The molecule has 2 heterocycles. The van der Waals surface area contributed by atoms with Crippen molar-refractivity contribution in [2.75, 3.05) is 6.54 Å². The monoisotopic (exact) mass is 348 g/mol. The highest BCUT2D eigenvalue weighted by Gasteiger charge is 2.11. The molecule has 0 spiro atoms. The van der Waals surface area contributed by atoms with Crippen LogP contribution in [-0.2, 0) is 6.54 Å². The van der Waals surface area contributed by atoms with Crippen molar-refractivity contribution in [1.29, 1.82) is 0 Å². The Morgan fingerprint density at radius 1 is 1.33 bits per heavy atom. The molecule has 7 heteroatoms. The zero-order chi connectivity index (χ0) is 17.3. The van der Waals surface area contributed by atoms with Crippen molar-refractivity contribution in [3.8, 4) is 0 Å². The Kier molecular flexibility index (Phi) is 4.80. The second-order valence-electron chi connectivity index (χ2n) is 5.74. The summed E-state index contributed by atoms with van der Waals surface area (Å²) in [6.07, 6.45) is 0.938. The Labute approximate surface area is 144 Å². The van der Waals surface area contributed by atoms with E-state index in [-0.39, 0.29) is 11.6 Å². The lowest BCUT2D eigenvalue weighted by atomic mass is 10.1. The molecule has 24 heavy (non-hydrogen) atoms. The Hall–Kier alpha value is -2.02. The summed E-state index contributed by atoms with van der Waals surface area (Å²) in [6, 6.07) is 6.30. The van der Waals surface area contributed by atoms with E-state index < -0.39 is 11.9 Å². The number of fused-ring (bicyclic) bond motifs is 1. The lowest BCUT2D eigenvalue weighted by Gasteiger charge is -2.13. The number of hydrogen-bond acceptors (Lipinski definition) is 4. The molecule has 126 valence electrons. The van der Waals surface area contributed by atoms with Gasteiger partial charge in [0, 0.05) is 24.5 Å². The van der Waals surface area contributed by atoms with Crippen molar-refractivity contribution in [3.63, 3.8) is 0 Å². The van der Waals surface area contributed by atoms with Gasteiger partial charge in [0.25, 0.3) is 0 Å². The van der Waals surface area contributed by atoms with Crippen LogP contribution in [0.1, 0.15) is 28.7 Å². The molecule has 0 aliphatic carbocycles. The number of rotatable bonds is 5. The summed E-state index contributed by atoms with van der Waals surface area (Å²) in [6.45, 7) is 4.73. The van der Waals surface area contributed by atoms with Gasteiger partial charge in [-0.2, -0.15) is 0 Å². The van der Waals surface area contributed by atoms with Gasteiger partial charge in [-0.3, -0.25) is 4.40 Å². The van der Waals surface area contributed by atoms with Crippen molar-refractivity contribution in [2.24, 2.45) is 0 Å². The summed E-state index contributed by atoms with van der Waals surface area (Å²) >= 11 is 5.65. The zero-order valence-corrected chi connectivity index (χ0v) is 14.2. The Bertz CT molecular complexity index is 880. The summed E-state index contributed by atoms with van der Waals surface area (Å²) in [5, 5.41) is 13.4. The highest BCUT2D eigenvalue weighted by molar-refractivity contribution is 6.30. The smallest absolute Gasteiger partial charge is 0.234 e. The van der Waals surface area contributed by atoms with Gasteiger partial charge in [0.15, 0.2) is 0 Å². The van der Waals surface area contributed by atoms with Gasteiger partial charge < -0.3 is 10.4 Å². The second kappa shape index (κ2) is 6.84. The number of nitrogens with one attached hydrogen (secondary N) is 1. The van der Waals surface area contributed by atoms with Crippen LogP contribution < -0.4 is 5.32 Å². The number of aliphatic hydroxyl groups excluding tert-OH is 1. The minimum absolute atomic E-state index is 0.0444. The SMILES string of the molecule is Cc1cc(C)n2c(CNCC(O)c3ccc(Cl)c(F)c3)cnc2n1. The first-order valence-electron chi connectivity index (χ1n) is 7.60. The van der Waals surface area contributed by atoms with Crippen LogP contribution in [0.4, 0.5) is 4.39 Å². The maximum atomic E-state index is 13.5. The molecule has 1 aromatic carbocycles. The molecule has 3 rings (SSSR count). The predicted octanol–water partition coefficient (Wildman–Crippen LogP) is 2.96. The maximum Gasteiger partial charge on any atom is 0.234 e. The van der Waals surface area contributed by atoms with Crippen LogP contribution in [0.5, 0.6) is 0 Å². The van der Waals surface area contributed by atoms with Gasteiger partial charge in [-0.05, 0) is 37.6 Å². The Balaban J connectivity index is 1.67. The lowest BCUT2D eigenvalue weighted by Crippen LogP contribution is -2.22. The average Bonchev–Trinajstić information content (AvgIpc) is 2.93. The van der Waals surface area contributed by atoms with Crippen molar-refractivity contribution in [1.82, 2.24) is 19.7 Å². The number of hydrogen-bond donors (Lipinski definition) is 2. The van der Waals surface area contributed by atoms with Crippen molar-refractivity contribution in [2.45, 2.75) is 26.5 Å². The third kappa shape index (κ3) is 3.40. The van der Waals surface area contributed by atoms with Gasteiger partial charge in [-0.15, -0.1) is 0 Å². The van der Waals surface area contributed by atoms with Gasteiger partial charge in [-0.25, -0.2) is 14.4 Å².